The summed E-state index contributed by atoms with van der Waals surface area (Å²) in [6.45, 7) is 1.43. The first-order valence-electron chi connectivity index (χ1n) is 4.51. The lowest BCUT2D eigenvalue weighted by molar-refractivity contribution is 0.0918. The van der Waals surface area contributed by atoms with Gasteiger partial charge >= 0.3 is 0 Å². The molecule has 15 heavy (non-hydrogen) atoms. The van der Waals surface area contributed by atoms with Crippen LogP contribution in [0.15, 0.2) is 18.2 Å². The van der Waals surface area contributed by atoms with E-state index >= 15 is 0 Å². The predicted molar refractivity (Wildman–Crippen MR) is 54.8 cm³/mol. The maximum atomic E-state index is 13.3. The molecule has 5 heteroatoms. The minimum atomic E-state index is -0.669. The first kappa shape index (κ1) is 11.5. The molecular weight excluding hydrogens is 199 g/mol. The number of amides is 1. The van der Waals surface area contributed by atoms with Crippen LogP contribution in [0.3, 0.4) is 0 Å². The van der Waals surface area contributed by atoms with E-state index in [9.17, 15) is 9.18 Å². The molecule has 0 radical (unpaired) electrons. The highest BCUT2D eigenvalue weighted by Crippen LogP contribution is 2.11. The van der Waals surface area contributed by atoms with Gasteiger partial charge in [-0.2, -0.15) is 0 Å². The summed E-state index contributed by atoms with van der Waals surface area (Å²) in [4.78, 5) is 11.4. The summed E-state index contributed by atoms with van der Waals surface area (Å²) in [6.07, 6.45) is 0. The highest BCUT2D eigenvalue weighted by atomic mass is 19.1. The van der Waals surface area contributed by atoms with Gasteiger partial charge in [0.1, 0.15) is 5.82 Å². The van der Waals surface area contributed by atoms with Crippen LogP contribution in [0.2, 0.25) is 0 Å². The van der Waals surface area contributed by atoms with E-state index in [1.165, 1.54) is 12.1 Å². The van der Waals surface area contributed by atoms with Crippen LogP contribution in [-0.2, 0) is 0 Å². The maximum absolute atomic E-state index is 13.3. The summed E-state index contributed by atoms with van der Waals surface area (Å²) in [5.74, 6) is -1.23. The Morgan fingerprint density at radius 1 is 1.67 bits per heavy atom. The van der Waals surface area contributed by atoms with Crippen LogP contribution in [0.1, 0.15) is 17.3 Å². The third-order valence-corrected chi connectivity index (χ3v) is 1.89. The summed E-state index contributed by atoms with van der Waals surface area (Å²) < 4.78 is 13.3. The highest BCUT2D eigenvalue weighted by molar-refractivity contribution is 5.94. The summed E-state index contributed by atoms with van der Waals surface area (Å²) >= 11 is 0. The topological polar surface area (TPSA) is 75.3 Å². The molecule has 1 aromatic carbocycles. The molecule has 1 rings (SSSR count). The second-order valence-corrected chi connectivity index (χ2v) is 3.30. The van der Waals surface area contributed by atoms with E-state index in [4.69, 9.17) is 10.8 Å². The van der Waals surface area contributed by atoms with Crippen LogP contribution in [0.25, 0.3) is 0 Å². The quantitative estimate of drug-likeness (QED) is 0.639. The molecule has 0 aliphatic rings. The summed E-state index contributed by atoms with van der Waals surface area (Å²) in [7, 11) is 0. The number of hydrogen-bond acceptors (Lipinski definition) is 3. The fraction of sp³-hybridized carbons (Fsp3) is 0.300. The summed E-state index contributed by atoms with van der Waals surface area (Å²) in [6, 6.07) is 3.43. The van der Waals surface area contributed by atoms with Crippen LogP contribution < -0.4 is 11.1 Å². The number of aliphatic hydroxyl groups excluding tert-OH is 1. The number of nitrogens with two attached hydrogens (primary N) is 1. The second kappa shape index (κ2) is 4.75. The molecule has 0 saturated carbocycles. The molecule has 1 amide bonds. The molecule has 4 N–H and O–H groups in total. The molecule has 0 spiro atoms. The van der Waals surface area contributed by atoms with Gasteiger partial charge in [-0.1, -0.05) is 0 Å². The van der Waals surface area contributed by atoms with Crippen molar-refractivity contribution in [2.45, 2.75) is 13.0 Å². The number of nitrogens with one attached hydrogen (secondary N) is 1. The van der Waals surface area contributed by atoms with Crippen molar-refractivity contribution in [2.24, 2.45) is 0 Å². The third kappa shape index (κ3) is 2.92. The number of carbonyl (C=O) groups is 1. The zero-order chi connectivity index (χ0) is 11.4. The Bertz CT molecular complexity index is 368. The molecule has 0 unspecified atom stereocenters. The Balaban J connectivity index is 2.82. The van der Waals surface area contributed by atoms with Crippen molar-refractivity contribution in [3.8, 4) is 0 Å². The van der Waals surface area contributed by atoms with Gasteiger partial charge in [0.15, 0.2) is 0 Å². The van der Waals surface area contributed by atoms with Crippen molar-refractivity contribution >= 4 is 11.6 Å². The van der Waals surface area contributed by atoms with Crippen molar-refractivity contribution < 1.29 is 14.3 Å². The van der Waals surface area contributed by atoms with Gasteiger partial charge in [0, 0.05) is 11.7 Å². The Kier molecular flexibility index (Phi) is 3.62. The number of benzene rings is 1. The number of aliphatic hydroxyl groups is 1. The van der Waals surface area contributed by atoms with Gasteiger partial charge in [-0.25, -0.2) is 4.39 Å². The van der Waals surface area contributed by atoms with Gasteiger partial charge in [-0.3, -0.25) is 4.79 Å². The molecule has 0 heterocycles. The van der Waals surface area contributed by atoms with Gasteiger partial charge in [-0.05, 0) is 25.1 Å². The van der Waals surface area contributed by atoms with E-state index in [1.807, 2.05) is 0 Å². The molecule has 1 atom stereocenters. The average Bonchev–Trinajstić information content (AvgIpc) is 2.17. The fourth-order valence-electron chi connectivity index (χ4n) is 1.06. The first-order valence-corrected chi connectivity index (χ1v) is 4.51. The number of nitrogen functional groups attached to an aromatic ring is 1. The predicted octanol–water partition coefficient (Wildman–Crippen LogP) is 0.519. The van der Waals surface area contributed by atoms with Gasteiger partial charge in [0.05, 0.1) is 12.2 Å². The standard InChI is InChI=1S/C10H13FN2O2/c1-6(5-14)13-10(15)8-3-2-7(12)4-9(8)11/h2-4,6,14H,5,12H2,1H3,(H,13,15)/t6-/m0/s1. The van der Waals surface area contributed by atoms with Crippen LogP contribution in [0, 0.1) is 5.82 Å². The van der Waals surface area contributed by atoms with Crippen molar-refractivity contribution in [1.29, 1.82) is 0 Å². The van der Waals surface area contributed by atoms with Crippen molar-refractivity contribution in [3.05, 3.63) is 29.6 Å². The van der Waals surface area contributed by atoms with Gasteiger partial charge in [-0.15, -0.1) is 0 Å². The third-order valence-electron chi connectivity index (χ3n) is 1.89. The minimum absolute atomic E-state index is 0.0792. The normalized spacial score (nSPS) is 12.2. The van der Waals surface area contributed by atoms with Crippen molar-refractivity contribution in [3.63, 3.8) is 0 Å². The van der Waals surface area contributed by atoms with Crippen molar-refractivity contribution in [1.82, 2.24) is 5.32 Å². The lowest BCUT2D eigenvalue weighted by atomic mass is 10.1. The number of carbonyl (C=O) groups excluding carboxylic acids is 1. The molecule has 0 aromatic heterocycles. The Labute approximate surface area is 86.9 Å². The number of halogens is 1. The molecule has 0 aliphatic carbocycles. The van der Waals surface area contributed by atoms with E-state index in [-0.39, 0.29) is 17.9 Å². The summed E-state index contributed by atoms with van der Waals surface area (Å²) in [5, 5.41) is 11.2. The number of hydrogen-bond donors (Lipinski definition) is 3. The largest absolute Gasteiger partial charge is 0.399 e. The molecule has 0 aliphatic heterocycles. The molecule has 1 aromatic rings. The van der Waals surface area contributed by atoms with Crippen molar-refractivity contribution in [2.75, 3.05) is 12.3 Å². The number of rotatable bonds is 3. The maximum Gasteiger partial charge on any atom is 0.254 e. The van der Waals surface area contributed by atoms with Crippen LogP contribution in [-0.4, -0.2) is 23.7 Å². The van der Waals surface area contributed by atoms with Crippen LogP contribution in [0.4, 0.5) is 10.1 Å². The molecular formula is C10H13FN2O2. The molecule has 82 valence electrons. The average molecular weight is 212 g/mol. The fourth-order valence-corrected chi connectivity index (χ4v) is 1.06. The van der Waals surface area contributed by atoms with Crippen LogP contribution >= 0.6 is 0 Å². The minimum Gasteiger partial charge on any atom is -0.399 e. The smallest absolute Gasteiger partial charge is 0.254 e. The highest BCUT2D eigenvalue weighted by Gasteiger charge is 2.13. The first-order chi connectivity index (χ1) is 7.04. The van der Waals surface area contributed by atoms with Gasteiger partial charge in [0.2, 0.25) is 0 Å². The Hall–Kier alpha value is -1.62. The summed E-state index contributed by atoms with van der Waals surface area (Å²) in [5.41, 5.74) is 5.53. The monoisotopic (exact) mass is 212 g/mol. The SMILES string of the molecule is C[C@@H](CO)NC(=O)c1ccc(N)cc1F. The van der Waals surface area contributed by atoms with E-state index in [0.29, 0.717) is 0 Å². The Morgan fingerprint density at radius 3 is 2.87 bits per heavy atom. The molecule has 0 bridgehead atoms. The molecule has 4 nitrogen and oxygen atoms in total. The van der Waals surface area contributed by atoms with Crippen LogP contribution in [0.5, 0.6) is 0 Å². The molecule has 0 saturated heterocycles. The zero-order valence-electron chi connectivity index (χ0n) is 8.33. The molecule has 0 fully saturated rings. The van der Waals surface area contributed by atoms with E-state index < -0.39 is 17.8 Å². The lowest BCUT2D eigenvalue weighted by Crippen LogP contribution is -2.35. The van der Waals surface area contributed by atoms with Gasteiger partial charge in [0.25, 0.3) is 5.91 Å². The number of anilines is 1. The van der Waals surface area contributed by atoms with Gasteiger partial charge < -0.3 is 16.2 Å². The Morgan fingerprint density at radius 2 is 2.33 bits per heavy atom. The zero-order valence-corrected chi connectivity index (χ0v) is 8.33. The van der Waals surface area contributed by atoms with E-state index in [0.717, 1.165) is 6.07 Å². The lowest BCUT2D eigenvalue weighted by Gasteiger charge is -2.11. The van der Waals surface area contributed by atoms with E-state index in [1.54, 1.807) is 6.92 Å². The second-order valence-electron chi connectivity index (χ2n) is 3.30. The van der Waals surface area contributed by atoms with E-state index in [2.05, 4.69) is 5.32 Å².